The third-order valence-electron chi connectivity index (χ3n) is 3.37. The highest BCUT2D eigenvalue weighted by Gasteiger charge is 2.11. The Balaban J connectivity index is 1.89. The maximum absolute atomic E-state index is 8.77. The lowest BCUT2D eigenvalue weighted by molar-refractivity contribution is 0.260. The van der Waals surface area contributed by atoms with E-state index in [1.807, 2.05) is 0 Å². The Morgan fingerprint density at radius 1 is 1.33 bits per heavy atom. The van der Waals surface area contributed by atoms with Crippen LogP contribution in [0.5, 0.6) is 5.75 Å². The number of hydrogen-bond acceptors (Lipinski definition) is 3. The van der Waals surface area contributed by atoms with Gasteiger partial charge in [0.2, 0.25) is 0 Å². The Labute approximate surface area is 109 Å². The summed E-state index contributed by atoms with van der Waals surface area (Å²) in [5.74, 6) is 1.06. The number of unbranched alkanes of at least 4 members (excludes halogenated alkanes) is 1. The Morgan fingerprint density at radius 2 is 2.22 bits per heavy atom. The van der Waals surface area contributed by atoms with Gasteiger partial charge in [0.1, 0.15) is 5.75 Å². The summed E-state index contributed by atoms with van der Waals surface area (Å²) in [6.07, 6.45) is 4.21. The molecule has 3 heteroatoms. The zero-order valence-electron chi connectivity index (χ0n) is 11.2. The highest BCUT2D eigenvalue weighted by Crippen LogP contribution is 2.25. The fraction of sp³-hybridized carbons (Fsp3) is 0.600. The topological polar surface area (TPSA) is 32.7 Å². The van der Waals surface area contributed by atoms with Crippen molar-refractivity contribution in [2.45, 2.75) is 32.2 Å². The zero-order chi connectivity index (χ0) is 12.8. The van der Waals surface area contributed by atoms with E-state index in [2.05, 4.69) is 30.1 Å². The van der Waals surface area contributed by atoms with Gasteiger partial charge in [-0.2, -0.15) is 0 Å². The fourth-order valence-electron chi connectivity index (χ4n) is 2.40. The molecule has 0 spiro atoms. The molecule has 18 heavy (non-hydrogen) atoms. The lowest BCUT2D eigenvalue weighted by Crippen LogP contribution is -2.19. The molecule has 0 amide bonds. The van der Waals surface area contributed by atoms with Crippen molar-refractivity contribution in [3.63, 3.8) is 0 Å². The summed E-state index contributed by atoms with van der Waals surface area (Å²) in [7, 11) is 2.13. The van der Waals surface area contributed by atoms with Crippen LogP contribution in [-0.2, 0) is 13.0 Å². The molecule has 0 aromatic heterocycles. The van der Waals surface area contributed by atoms with Crippen LogP contribution < -0.4 is 4.74 Å². The van der Waals surface area contributed by atoms with Crippen LogP contribution in [0, 0.1) is 0 Å². The highest BCUT2D eigenvalue weighted by molar-refractivity contribution is 5.38. The van der Waals surface area contributed by atoms with Crippen LogP contribution in [0.15, 0.2) is 18.2 Å². The van der Waals surface area contributed by atoms with Crippen LogP contribution in [0.4, 0.5) is 0 Å². The number of benzene rings is 1. The van der Waals surface area contributed by atoms with Crippen molar-refractivity contribution in [1.82, 2.24) is 4.90 Å². The van der Waals surface area contributed by atoms with E-state index >= 15 is 0 Å². The maximum atomic E-state index is 8.77. The second kappa shape index (κ2) is 6.76. The summed E-state index contributed by atoms with van der Waals surface area (Å²) in [6.45, 7) is 3.16. The molecule has 1 aliphatic heterocycles. The fourth-order valence-corrected chi connectivity index (χ4v) is 2.40. The molecule has 0 unspecified atom stereocenters. The van der Waals surface area contributed by atoms with Crippen LogP contribution in [0.25, 0.3) is 0 Å². The number of fused-ring (bicyclic) bond motifs is 1. The minimum Gasteiger partial charge on any atom is -0.493 e. The molecule has 0 saturated carbocycles. The Bertz CT molecular complexity index is 379. The Morgan fingerprint density at radius 3 is 3.06 bits per heavy atom. The second-order valence-corrected chi connectivity index (χ2v) is 5.06. The predicted octanol–water partition coefficient (Wildman–Crippen LogP) is 2.22. The predicted molar refractivity (Wildman–Crippen MR) is 72.9 cm³/mol. The smallest absolute Gasteiger partial charge is 0.122 e. The molecule has 0 bridgehead atoms. The average Bonchev–Trinajstić information content (AvgIpc) is 2.39. The maximum Gasteiger partial charge on any atom is 0.122 e. The van der Waals surface area contributed by atoms with E-state index < -0.39 is 0 Å². The SMILES string of the molecule is CN(CCCCO)Cc1ccc2c(c1)CCCO2. The molecule has 0 radical (unpaired) electrons. The minimum atomic E-state index is 0.296. The molecule has 1 heterocycles. The van der Waals surface area contributed by atoms with Crippen LogP contribution in [0.2, 0.25) is 0 Å². The van der Waals surface area contributed by atoms with Crippen molar-refractivity contribution in [2.75, 3.05) is 26.8 Å². The molecule has 0 atom stereocenters. The number of aliphatic hydroxyl groups excluding tert-OH is 1. The van der Waals surface area contributed by atoms with Crippen molar-refractivity contribution >= 4 is 0 Å². The lowest BCUT2D eigenvalue weighted by atomic mass is 10.0. The first-order chi connectivity index (χ1) is 8.79. The summed E-state index contributed by atoms with van der Waals surface area (Å²) in [5, 5.41) is 8.77. The number of nitrogens with zero attached hydrogens (tertiary/aromatic N) is 1. The monoisotopic (exact) mass is 249 g/mol. The molecule has 100 valence electrons. The van der Waals surface area contributed by atoms with Gasteiger partial charge in [0.05, 0.1) is 6.61 Å². The Kier molecular flexibility index (Phi) is 5.02. The van der Waals surface area contributed by atoms with Crippen molar-refractivity contribution in [2.24, 2.45) is 0 Å². The van der Waals surface area contributed by atoms with Crippen molar-refractivity contribution in [3.05, 3.63) is 29.3 Å². The van der Waals surface area contributed by atoms with Gasteiger partial charge in [-0.3, -0.25) is 0 Å². The average molecular weight is 249 g/mol. The van der Waals surface area contributed by atoms with E-state index in [4.69, 9.17) is 9.84 Å². The van der Waals surface area contributed by atoms with Crippen LogP contribution in [-0.4, -0.2) is 36.8 Å². The number of ether oxygens (including phenoxy) is 1. The molecule has 3 nitrogen and oxygen atoms in total. The molecule has 1 aromatic carbocycles. The zero-order valence-corrected chi connectivity index (χ0v) is 11.2. The van der Waals surface area contributed by atoms with Gasteiger partial charge >= 0.3 is 0 Å². The van der Waals surface area contributed by atoms with Gasteiger partial charge in [-0.1, -0.05) is 12.1 Å². The molecule has 0 saturated heterocycles. The highest BCUT2D eigenvalue weighted by atomic mass is 16.5. The van der Waals surface area contributed by atoms with Crippen LogP contribution in [0.3, 0.4) is 0 Å². The van der Waals surface area contributed by atoms with E-state index in [0.717, 1.165) is 51.1 Å². The van der Waals surface area contributed by atoms with Gasteiger partial charge < -0.3 is 14.7 Å². The summed E-state index contributed by atoms with van der Waals surface area (Å²) in [5.41, 5.74) is 2.70. The Hall–Kier alpha value is -1.06. The van der Waals surface area contributed by atoms with Crippen molar-refractivity contribution in [1.29, 1.82) is 0 Å². The largest absolute Gasteiger partial charge is 0.493 e. The molecular formula is C15H23NO2. The number of aliphatic hydroxyl groups is 1. The first kappa shape index (κ1) is 13.4. The molecule has 1 aliphatic rings. The van der Waals surface area contributed by atoms with Gasteiger partial charge in [-0.15, -0.1) is 0 Å². The quantitative estimate of drug-likeness (QED) is 0.785. The first-order valence-electron chi connectivity index (χ1n) is 6.83. The number of hydrogen-bond donors (Lipinski definition) is 1. The summed E-state index contributed by atoms with van der Waals surface area (Å²) >= 11 is 0. The van der Waals surface area contributed by atoms with Gasteiger partial charge in [0, 0.05) is 13.2 Å². The summed E-state index contributed by atoms with van der Waals surface area (Å²) in [6, 6.07) is 6.54. The summed E-state index contributed by atoms with van der Waals surface area (Å²) in [4.78, 5) is 2.31. The molecule has 0 fully saturated rings. The lowest BCUT2D eigenvalue weighted by Gasteiger charge is -2.20. The molecule has 2 rings (SSSR count). The van der Waals surface area contributed by atoms with Gasteiger partial charge in [0.15, 0.2) is 0 Å². The van der Waals surface area contributed by atoms with Crippen LogP contribution in [0.1, 0.15) is 30.4 Å². The third kappa shape index (κ3) is 3.72. The molecule has 0 aliphatic carbocycles. The van der Waals surface area contributed by atoms with E-state index in [-0.39, 0.29) is 0 Å². The van der Waals surface area contributed by atoms with Crippen molar-refractivity contribution < 1.29 is 9.84 Å². The number of aryl methyl sites for hydroxylation is 1. The standard InChI is InChI=1S/C15H23NO2/c1-16(8-2-3-9-17)12-13-6-7-15-14(11-13)5-4-10-18-15/h6-7,11,17H,2-5,8-10,12H2,1H3. The molecule has 1 N–H and O–H groups in total. The van der Waals surface area contributed by atoms with Gasteiger partial charge in [-0.25, -0.2) is 0 Å². The van der Waals surface area contributed by atoms with Crippen LogP contribution >= 0.6 is 0 Å². The van der Waals surface area contributed by atoms with E-state index in [9.17, 15) is 0 Å². The van der Waals surface area contributed by atoms with Crippen molar-refractivity contribution in [3.8, 4) is 5.75 Å². The van der Waals surface area contributed by atoms with E-state index in [1.54, 1.807) is 0 Å². The molecule has 1 aromatic rings. The number of rotatable bonds is 6. The van der Waals surface area contributed by atoms with E-state index in [1.165, 1.54) is 11.1 Å². The first-order valence-corrected chi connectivity index (χ1v) is 6.83. The van der Waals surface area contributed by atoms with Gasteiger partial charge in [-0.05, 0) is 56.5 Å². The van der Waals surface area contributed by atoms with E-state index in [0.29, 0.717) is 6.61 Å². The third-order valence-corrected chi connectivity index (χ3v) is 3.37. The second-order valence-electron chi connectivity index (χ2n) is 5.06. The summed E-state index contributed by atoms with van der Waals surface area (Å²) < 4.78 is 5.62. The van der Waals surface area contributed by atoms with Gasteiger partial charge in [0.25, 0.3) is 0 Å². The normalized spacial score (nSPS) is 14.4. The minimum absolute atomic E-state index is 0.296. The molecular weight excluding hydrogens is 226 g/mol.